The Balaban J connectivity index is 1.61. The van der Waals surface area contributed by atoms with Crippen molar-refractivity contribution in [3.8, 4) is 0 Å². The monoisotopic (exact) mass is 295 g/mol. The van der Waals surface area contributed by atoms with Crippen molar-refractivity contribution in [2.45, 2.75) is 24.6 Å². The normalized spacial score (nSPS) is 18.7. The van der Waals surface area contributed by atoms with Gasteiger partial charge in [0.15, 0.2) is 5.82 Å². The summed E-state index contributed by atoms with van der Waals surface area (Å²) in [6.45, 7) is 0.519. The van der Waals surface area contributed by atoms with Crippen molar-refractivity contribution in [2.24, 2.45) is 0 Å². The number of aromatic nitrogens is 2. The number of rotatable bonds is 4. The highest BCUT2D eigenvalue weighted by Crippen LogP contribution is 2.38. The van der Waals surface area contributed by atoms with Crippen LogP contribution in [0, 0.1) is 0 Å². The lowest BCUT2D eigenvalue weighted by Crippen LogP contribution is -2.00. The van der Waals surface area contributed by atoms with Gasteiger partial charge in [-0.25, -0.2) is 0 Å². The fourth-order valence-corrected chi connectivity index (χ4v) is 3.41. The van der Waals surface area contributed by atoms with Crippen LogP contribution in [0.15, 0.2) is 28.8 Å². The van der Waals surface area contributed by atoms with Crippen molar-refractivity contribution in [1.82, 2.24) is 10.1 Å². The number of hydrogen-bond donors (Lipinski definition) is 1. The lowest BCUT2D eigenvalue weighted by molar-refractivity contribution is 0.377. The summed E-state index contributed by atoms with van der Waals surface area (Å²) in [6, 6.07) is 7.57. The molecule has 0 amide bonds. The molecule has 2 heterocycles. The standard InChI is InChI=1S/C13H14ClN3OS/c14-9-3-1-4-10(7-9)15-8-12-16-13(17-18-12)11-5-2-6-19-11/h1,3-4,7,11,15H,2,5-6,8H2. The zero-order valence-corrected chi connectivity index (χ0v) is 11.9. The van der Waals surface area contributed by atoms with Gasteiger partial charge in [0.25, 0.3) is 0 Å². The van der Waals surface area contributed by atoms with Gasteiger partial charge >= 0.3 is 0 Å². The zero-order valence-electron chi connectivity index (χ0n) is 10.3. The number of anilines is 1. The fraction of sp³-hybridized carbons (Fsp3) is 0.385. The Hall–Kier alpha value is -1.20. The summed E-state index contributed by atoms with van der Waals surface area (Å²) in [6.07, 6.45) is 2.38. The molecule has 0 saturated carbocycles. The van der Waals surface area contributed by atoms with Gasteiger partial charge in [0.05, 0.1) is 11.8 Å². The lowest BCUT2D eigenvalue weighted by Gasteiger charge is -2.03. The topological polar surface area (TPSA) is 51.0 Å². The van der Waals surface area contributed by atoms with Crippen LogP contribution in [0.25, 0.3) is 0 Å². The third kappa shape index (κ3) is 3.22. The molecule has 1 fully saturated rings. The van der Waals surface area contributed by atoms with Gasteiger partial charge in [0.1, 0.15) is 0 Å². The Morgan fingerprint density at radius 3 is 3.21 bits per heavy atom. The van der Waals surface area contributed by atoms with Crippen LogP contribution in [0.5, 0.6) is 0 Å². The molecule has 6 heteroatoms. The van der Waals surface area contributed by atoms with Gasteiger partial charge in [-0.15, -0.1) is 0 Å². The quantitative estimate of drug-likeness (QED) is 0.927. The molecule has 19 heavy (non-hydrogen) atoms. The third-order valence-electron chi connectivity index (χ3n) is 2.97. The molecule has 1 atom stereocenters. The number of hydrogen-bond acceptors (Lipinski definition) is 5. The average Bonchev–Trinajstić information content (AvgIpc) is 3.07. The van der Waals surface area contributed by atoms with E-state index in [-0.39, 0.29) is 0 Å². The molecule has 0 spiro atoms. The van der Waals surface area contributed by atoms with Crippen LogP contribution in [0.1, 0.15) is 29.8 Å². The first-order valence-electron chi connectivity index (χ1n) is 6.25. The van der Waals surface area contributed by atoms with Crippen molar-refractivity contribution in [2.75, 3.05) is 11.1 Å². The number of halogens is 1. The van der Waals surface area contributed by atoms with E-state index >= 15 is 0 Å². The molecule has 4 nitrogen and oxygen atoms in total. The summed E-state index contributed by atoms with van der Waals surface area (Å²) in [4.78, 5) is 4.44. The molecule has 100 valence electrons. The zero-order chi connectivity index (χ0) is 13.1. The molecule has 0 radical (unpaired) electrons. The Bertz CT molecular complexity index is 554. The van der Waals surface area contributed by atoms with Gasteiger partial charge in [0, 0.05) is 10.7 Å². The van der Waals surface area contributed by atoms with Crippen LogP contribution >= 0.6 is 23.4 Å². The molecule has 0 bridgehead atoms. The smallest absolute Gasteiger partial charge is 0.245 e. The SMILES string of the molecule is Clc1cccc(NCc2nc(C3CCCS3)no2)c1. The van der Waals surface area contributed by atoms with Crippen LogP contribution in [0.2, 0.25) is 5.02 Å². The molecule has 1 saturated heterocycles. The van der Waals surface area contributed by atoms with E-state index in [1.807, 2.05) is 36.0 Å². The lowest BCUT2D eigenvalue weighted by atomic mass is 10.2. The molecule has 0 aliphatic carbocycles. The van der Waals surface area contributed by atoms with E-state index in [4.69, 9.17) is 16.1 Å². The molecule has 1 aromatic heterocycles. The number of thioether (sulfide) groups is 1. The van der Waals surface area contributed by atoms with Crippen LogP contribution < -0.4 is 5.32 Å². The minimum Gasteiger partial charge on any atom is -0.376 e. The molecule has 1 aliphatic heterocycles. The van der Waals surface area contributed by atoms with E-state index in [0.717, 1.165) is 17.9 Å². The highest BCUT2D eigenvalue weighted by Gasteiger charge is 2.22. The van der Waals surface area contributed by atoms with Gasteiger partial charge in [-0.3, -0.25) is 0 Å². The fourth-order valence-electron chi connectivity index (χ4n) is 2.03. The largest absolute Gasteiger partial charge is 0.376 e. The van der Waals surface area contributed by atoms with Crippen LogP contribution in [-0.2, 0) is 6.54 Å². The van der Waals surface area contributed by atoms with Gasteiger partial charge in [-0.05, 0) is 36.8 Å². The second-order valence-corrected chi connectivity index (χ2v) is 6.16. The minimum atomic E-state index is 0.406. The number of nitrogens with one attached hydrogen (secondary N) is 1. The van der Waals surface area contributed by atoms with Crippen LogP contribution in [-0.4, -0.2) is 15.9 Å². The molecule has 1 unspecified atom stereocenters. The van der Waals surface area contributed by atoms with Gasteiger partial charge in [-0.2, -0.15) is 16.7 Å². The first-order valence-corrected chi connectivity index (χ1v) is 7.67. The van der Waals surface area contributed by atoms with Gasteiger partial charge in [-0.1, -0.05) is 22.8 Å². The van der Waals surface area contributed by atoms with Crippen molar-refractivity contribution in [3.63, 3.8) is 0 Å². The van der Waals surface area contributed by atoms with Crippen LogP contribution in [0.4, 0.5) is 5.69 Å². The van der Waals surface area contributed by atoms with Gasteiger partial charge in [0.2, 0.25) is 5.89 Å². The van der Waals surface area contributed by atoms with E-state index in [0.29, 0.717) is 22.7 Å². The van der Waals surface area contributed by atoms with Crippen molar-refractivity contribution >= 4 is 29.1 Å². The maximum atomic E-state index is 5.92. The maximum absolute atomic E-state index is 5.92. The van der Waals surface area contributed by atoms with Crippen molar-refractivity contribution in [3.05, 3.63) is 41.0 Å². The summed E-state index contributed by atoms with van der Waals surface area (Å²) < 4.78 is 5.26. The van der Waals surface area contributed by atoms with Crippen LogP contribution in [0.3, 0.4) is 0 Å². The van der Waals surface area contributed by atoms with E-state index in [1.165, 1.54) is 12.2 Å². The number of benzene rings is 1. The molecule has 1 aliphatic rings. The summed E-state index contributed by atoms with van der Waals surface area (Å²) in [5.74, 6) is 2.63. The highest BCUT2D eigenvalue weighted by molar-refractivity contribution is 7.99. The maximum Gasteiger partial charge on any atom is 0.245 e. The molecular formula is C13H14ClN3OS. The predicted molar refractivity (Wildman–Crippen MR) is 77.5 cm³/mol. The molecule has 1 aromatic carbocycles. The summed E-state index contributed by atoms with van der Waals surface area (Å²) in [5, 5.41) is 8.39. The first kappa shape index (κ1) is 12.8. The first-order chi connectivity index (χ1) is 9.31. The Kier molecular flexibility index (Phi) is 3.94. The Morgan fingerprint density at radius 2 is 2.42 bits per heavy atom. The molecule has 2 aromatic rings. The van der Waals surface area contributed by atoms with E-state index in [9.17, 15) is 0 Å². The minimum absolute atomic E-state index is 0.406. The van der Waals surface area contributed by atoms with E-state index in [1.54, 1.807) is 0 Å². The molecule has 3 rings (SSSR count). The second-order valence-electron chi connectivity index (χ2n) is 4.41. The molecule has 1 N–H and O–H groups in total. The summed E-state index contributed by atoms with van der Waals surface area (Å²) in [7, 11) is 0. The number of nitrogens with zero attached hydrogens (tertiary/aromatic N) is 2. The third-order valence-corrected chi connectivity index (χ3v) is 4.58. The Morgan fingerprint density at radius 1 is 1.47 bits per heavy atom. The summed E-state index contributed by atoms with van der Waals surface area (Å²) >= 11 is 7.83. The predicted octanol–water partition coefficient (Wildman–Crippen LogP) is 3.90. The van der Waals surface area contributed by atoms with Gasteiger partial charge < -0.3 is 9.84 Å². The molecular weight excluding hydrogens is 282 g/mol. The van der Waals surface area contributed by atoms with Crippen molar-refractivity contribution < 1.29 is 4.52 Å². The second kappa shape index (κ2) is 5.84. The van der Waals surface area contributed by atoms with E-state index in [2.05, 4.69) is 15.5 Å². The van der Waals surface area contributed by atoms with E-state index < -0.39 is 0 Å². The average molecular weight is 296 g/mol. The summed E-state index contributed by atoms with van der Waals surface area (Å²) in [5.41, 5.74) is 0.947. The highest BCUT2D eigenvalue weighted by atomic mass is 35.5. The van der Waals surface area contributed by atoms with Crippen molar-refractivity contribution in [1.29, 1.82) is 0 Å². The Labute approximate surface area is 120 Å².